The summed E-state index contributed by atoms with van der Waals surface area (Å²) >= 11 is -2.75. The summed E-state index contributed by atoms with van der Waals surface area (Å²) in [4.78, 5) is 14.9. The Labute approximate surface area is 172 Å². The molecule has 2 heterocycles. The van der Waals surface area contributed by atoms with Crippen LogP contribution in [0.4, 0.5) is 5.82 Å². The van der Waals surface area contributed by atoms with Gasteiger partial charge in [-0.05, 0) is 0 Å². The van der Waals surface area contributed by atoms with Crippen molar-refractivity contribution in [3.63, 3.8) is 0 Å². The van der Waals surface area contributed by atoms with Gasteiger partial charge in [0.2, 0.25) is 0 Å². The minimum absolute atomic E-state index is 0.168. The molecule has 0 saturated heterocycles. The summed E-state index contributed by atoms with van der Waals surface area (Å²) < 4.78 is 6.73. The maximum atomic E-state index is 11.4. The van der Waals surface area contributed by atoms with Crippen molar-refractivity contribution in [1.82, 2.24) is 20.0 Å². The summed E-state index contributed by atoms with van der Waals surface area (Å²) in [6.45, 7) is 8.78. The zero-order valence-corrected chi connectivity index (χ0v) is 20.5. The molecular weight excluding hydrogens is 461 g/mol. The summed E-state index contributed by atoms with van der Waals surface area (Å²) in [5.74, 6) is -0.168. The first kappa shape index (κ1) is 22.8. The van der Waals surface area contributed by atoms with Crippen LogP contribution in [0.25, 0.3) is 5.69 Å². The van der Waals surface area contributed by atoms with Gasteiger partial charge in [-0.3, -0.25) is 0 Å². The Morgan fingerprint density at radius 2 is 1.64 bits per heavy atom. The molecule has 0 N–H and O–H groups in total. The van der Waals surface area contributed by atoms with E-state index in [1.54, 1.807) is 16.8 Å². The molecule has 0 aliphatic rings. The fourth-order valence-corrected chi connectivity index (χ4v) is 20.2. The molecule has 0 spiro atoms. The molecule has 154 valence electrons. The van der Waals surface area contributed by atoms with E-state index in [-0.39, 0.29) is 5.82 Å². The van der Waals surface area contributed by atoms with E-state index in [0.29, 0.717) is 5.69 Å². The molecule has 2 aromatic heterocycles. The molecule has 0 radical (unpaired) electrons. The summed E-state index contributed by atoms with van der Waals surface area (Å²) in [6.07, 6.45) is 8.74. The zero-order chi connectivity index (χ0) is 20.6. The molecule has 8 heteroatoms. The number of nitro groups is 1. The van der Waals surface area contributed by atoms with Gasteiger partial charge in [-0.2, -0.15) is 0 Å². The molecule has 0 aliphatic heterocycles. The van der Waals surface area contributed by atoms with E-state index < -0.39 is 23.3 Å². The fourth-order valence-electron chi connectivity index (χ4n) is 4.02. The van der Waals surface area contributed by atoms with E-state index in [1.807, 2.05) is 6.92 Å². The van der Waals surface area contributed by atoms with E-state index in [1.165, 1.54) is 61.7 Å². The van der Waals surface area contributed by atoms with Crippen LogP contribution < -0.4 is 3.71 Å². The van der Waals surface area contributed by atoms with Gasteiger partial charge in [0, 0.05) is 0 Å². The Bertz CT molecular complexity index is 756. The van der Waals surface area contributed by atoms with Crippen LogP contribution in [0.5, 0.6) is 0 Å². The Balaban J connectivity index is 2.54. The Morgan fingerprint density at radius 3 is 2.14 bits per heavy atom. The quantitative estimate of drug-likeness (QED) is 0.237. The third kappa shape index (κ3) is 5.10. The van der Waals surface area contributed by atoms with Crippen molar-refractivity contribution in [3.05, 3.63) is 34.1 Å². The number of aromatic nitrogens is 4. The number of rotatable bonds is 12. The van der Waals surface area contributed by atoms with Crippen molar-refractivity contribution < 1.29 is 4.92 Å². The van der Waals surface area contributed by atoms with Gasteiger partial charge in [0.1, 0.15) is 0 Å². The second-order valence-corrected chi connectivity index (χ2v) is 20.6. The van der Waals surface area contributed by atoms with Crippen LogP contribution in [-0.4, -0.2) is 43.3 Å². The molecule has 0 bridgehead atoms. The number of hydrogen-bond acceptors (Lipinski definition) is 5. The summed E-state index contributed by atoms with van der Waals surface area (Å²) in [5, 5.41) is 20.5. The van der Waals surface area contributed by atoms with Gasteiger partial charge in [-0.1, -0.05) is 0 Å². The molecular formula is C20H33N5O2Sn. The molecule has 2 rings (SSSR count). The van der Waals surface area contributed by atoms with Crippen LogP contribution in [0.3, 0.4) is 0 Å². The Morgan fingerprint density at radius 1 is 1.07 bits per heavy atom. The van der Waals surface area contributed by atoms with Gasteiger partial charge in [-0.15, -0.1) is 0 Å². The molecule has 0 atom stereocenters. The number of pyridine rings is 1. The Hall–Kier alpha value is -1.51. The first-order valence-corrected chi connectivity index (χ1v) is 18.0. The predicted octanol–water partition coefficient (Wildman–Crippen LogP) is 4.94. The number of unbranched alkanes of at least 4 members (excludes halogenated alkanes) is 3. The van der Waals surface area contributed by atoms with Crippen molar-refractivity contribution >= 4 is 27.9 Å². The van der Waals surface area contributed by atoms with Crippen LogP contribution in [0.15, 0.2) is 18.3 Å². The molecule has 7 nitrogen and oxygen atoms in total. The number of nitrogens with zero attached hydrogens (tertiary/aromatic N) is 5. The van der Waals surface area contributed by atoms with Crippen molar-refractivity contribution in [1.29, 1.82) is 0 Å². The Kier molecular flexibility index (Phi) is 8.85. The second-order valence-electron chi connectivity index (χ2n) is 7.63. The van der Waals surface area contributed by atoms with E-state index in [4.69, 9.17) is 0 Å². The van der Waals surface area contributed by atoms with E-state index in [9.17, 15) is 10.1 Å². The summed E-state index contributed by atoms with van der Waals surface area (Å²) in [7, 11) is 0. The fraction of sp³-hybridized carbons (Fsp3) is 0.650. The van der Waals surface area contributed by atoms with Crippen molar-refractivity contribution in [2.24, 2.45) is 0 Å². The zero-order valence-electron chi connectivity index (χ0n) is 17.6. The van der Waals surface area contributed by atoms with Crippen molar-refractivity contribution in [2.45, 2.75) is 79.5 Å². The average molecular weight is 494 g/mol. The summed E-state index contributed by atoms with van der Waals surface area (Å²) in [5.41, 5.74) is 1.39. The van der Waals surface area contributed by atoms with Crippen molar-refractivity contribution in [2.75, 3.05) is 0 Å². The molecule has 0 aromatic carbocycles. The van der Waals surface area contributed by atoms with Crippen LogP contribution in [0.1, 0.15) is 65.0 Å². The summed E-state index contributed by atoms with van der Waals surface area (Å²) in [6, 6.07) is 3.42. The van der Waals surface area contributed by atoms with Crippen molar-refractivity contribution in [3.8, 4) is 5.69 Å². The number of hydrogen-bond donors (Lipinski definition) is 0. The van der Waals surface area contributed by atoms with Crippen LogP contribution in [0, 0.1) is 17.0 Å². The molecule has 0 saturated carbocycles. The van der Waals surface area contributed by atoms with Gasteiger partial charge in [0.25, 0.3) is 0 Å². The van der Waals surface area contributed by atoms with Gasteiger partial charge in [0.15, 0.2) is 0 Å². The van der Waals surface area contributed by atoms with Gasteiger partial charge < -0.3 is 0 Å². The van der Waals surface area contributed by atoms with Gasteiger partial charge >= 0.3 is 172 Å². The molecule has 28 heavy (non-hydrogen) atoms. The monoisotopic (exact) mass is 495 g/mol. The average Bonchev–Trinajstić information content (AvgIpc) is 3.09. The third-order valence-electron chi connectivity index (χ3n) is 5.59. The minimum atomic E-state index is -2.75. The molecule has 2 aromatic rings. The van der Waals surface area contributed by atoms with E-state index >= 15 is 0 Å². The van der Waals surface area contributed by atoms with Gasteiger partial charge in [-0.25, -0.2) is 0 Å². The molecule has 0 aliphatic carbocycles. The topological polar surface area (TPSA) is 86.7 Å². The van der Waals surface area contributed by atoms with Crippen LogP contribution >= 0.6 is 0 Å². The van der Waals surface area contributed by atoms with Crippen LogP contribution in [0.2, 0.25) is 13.3 Å². The second kappa shape index (κ2) is 10.9. The first-order valence-electron chi connectivity index (χ1n) is 10.5. The first-order chi connectivity index (χ1) is 13.5. The molecule has 0 fully saturated rings. The molecule has 0 amide bonds. The van der Waals surface area contributed by atoms with Crippen LogP contribution in [-0.2, 0) is 0 Å². The van der Waals surface area contributed by atoms with E-state index in [0.717, 1.165) is 5.69 Å². The molecule has 0 unspecified atom stereocenters. The normalized spacial score (nSPS) is 11.7. The standard InChI is InChI=1S/C8H6N5O2.3C4H9.Sn/c1-6-5-10-11-12(6)7-3-2-4-9-8(7)13(14)15;3*1-3-4-2;/h2-4H,1H3;3*1,3-4H2,2H3;. The predicted molar refractivity (Wildman–Crippen MR) is 115 cm³/mol. The van der Waals surface area contributed by atoms with Gasteiger partial charge in [0.05, 0.1) is 0 Å². The SMILES string of the molecule is CCC[CH2][Sn]([CH2]CCC)([CH2]CCC)[c]1nnn(-c2cccnc2[N+](=O)[O-])c1C. The maximum absolute atomic E-state index is 11.4. The third-order valence-corrected chi connectivity index (χ3v) is 21.0. The van der Waals surface area contributed by atoms with E-state index in [2.05, 4.69) is 36.1 Å².